The molecule has 2 aromatic carbocycles. The topological polar surface area (TPSA) is 112 Å². The van der Waals surface area contributed by atoms with E-state index in [1.165, 1.54) is 13.2 Å². The fourth-order valence-electron chi connectivity index (χ4n) is 2.97. The Labute approximate surface area is 161 Å². The minimum Gasteiger partial charge on any atom is -0.496 e. The van der Waals surface area contributed by atoms with Crippen molar-refractivity contribution in [2.75, 3.05) is 12.4 Å². The Morgan fingerprint density at radius 1 is 1.14 bits per heavy atom. The van der Waals surface area contributed by atoms with Gasteiger partial charge in [0.05, 0.1) is 7.11 Å². The Morgan fingerprint density at radius 3 is 2.50 bits per heavy atom. The number of nitrogens with one attached hydrogen (secondary N) is 1. The van der Waals surface area contributed by atoms with Crippen molar-refractivity contribution in [2.24, 2.45) is 5.73 Å². The molecule has 0 saturated heterocycles. The first kappa shape index (κ1) is 19.2. The summed E-state index contributed by atoms with van der Waals surface area (Å²) in [4.78, 5) is 34.9. The molecule has 3 rings (SSSR count). The quantitative estimate of drug-likeness (QED) is 0.639. The normalized spacial score (nSPS) is 10.6. The molecule has 3 aromatic rings. The molecule has 7 heteroatoms. The number of nitrogens with two attached hydrogens (primary N) is 1. The van der Waals surface area contributed by atoms with Crippen molar-refractivity contribution < 1.29 is 18.7 Å². The lowest BCUT2D eigenvalue weighted by atomic mass is 10.0. The summed E-state index contributed by atoms with van der Waals surface area (Å²) in [6, 6.07) is 11.3. The Kier molecular flexibility index (Phi) is 5.44. The van der Waals surface area contributed by atoms with E-state index < -0.39 is 11.5 Å². The van der Waals surface area contributed by atoms with Gasteiger partial charge in [-0.05, 0) is 54.8 Å². The molecular formula is C21H20N2O5. The summed E-state index contributed by atoms with van der Waals surface area (Å²) >= 11 is 0. The van der Waals surface area contributed by atoms with Crippen molar-refractivity contribution >= 4 is 28.5 Å². The van der Waals surface area contributed by atoms with Crippen molar-refractivity contribution in [3.05, 3.63) is 69.6 Å². The number of aryl methyl sites for hydroxylation is 2. The maximum Gasteiger partial charge on any atom is 0.336 e. The second kappa shape index (κ2) is 7.96. The molecule has 0 spiro atoms. The summed E-state index contributed by atoms with van der Waals surface area (Å²) in [5.74, 6) is -0.141. The van der Waals surface area contributed by atoms with Crippen molar-refractivity contribution in [3.8, 4) is 5.75 Å². The van der Waals surface area contributed by atoms with E-state index in [4.69, 9.17) is 14.9 Å². The van der Waals surface area contributed by atoms with Gasteiger partial charge in [-0.25, -0.2) is 4.79 Å². The van der Waals surface area contributed by atoms with Crippen molar-refractivity contribution in [1.82, 2.24) is 0 Å². The SMILES string of the molecule is COc1cc2oc(=O)cc(C)c2cc1CCC(=O)Nc1ccc(C(N)=O)cc1. The van der Waals surface area contributed by atoms with Gasteiger partial charge >= 0.3 is 5.63 Å². The van der Waals surface area contributed by atoms with Crippen LogP contribution in [0.2, 0.25) is 0 Å². The minimum atomic E-state index is -0.521. The van der Waals surface area contributed by atoms with Crippen LogP contribution in [0.3, 0.4) is 0 Å². The lowest BCUT2D eigenvalue weighted by Crippen LogP contribution is -2.14. The molecule has 0 atom stereocenters. The lowest BCUT2D eigenvalue weighted by Gasteiger charge is -2.11. The summed E-state index contributed by atoms with van der Waals surface area (Å²) in [6.45, 7) is 1.83. The molecule has 0 aliphatic carbocycles. The second-order valence-electron chi connectivity index (χ2n) is 6.40. The van der Waals surface area contributed by atoms with Gasteiger partial charge in [-0.2, -0.15) is 0 Å². The second-order valence-corrected chi connectivity index (χ2v) is 6.40. The predicted molar refractivity (Wildman–Crippen MR) is 106 cm³/mol. The van der Waals surface area contributed by atoms with Gasteiger partial charge in [0.15, 0.2) is 0 Å². The molecule has 1 aromatic heterocycles. The van der Waals surface area contributed by atoms with Crippen LogP contribution >= 0.6 is 0 Å². The summed E-state index contributed by atoms with van der Waals surface area (Å²) in [5, 5.41) is 3.58. The summed E-state index contributed by atoms with van der Waals surface area (Å²) in [6.07, 6.45) is 0.679. The number of hydrogen-bond donors (Lipinski definition) is 2. The number of ether oxygens (including phenoxy) is 1. The molecule has 3 N–H and O–H groups in total. The van der Waals surface area contributed by atoms with Gasteiger partial charge in [0.2, 0.25) is 11.8 Å². The van der Waals surface area contributed by atoms with Gasteiger partial charge < -0.3 is 20.2 Å². The number of amides is 2. The third-order valence-electron chi connectivity index (χ3n) is 4.43. The number of primary amides is 1. The maximum atomic E-state index is 12.3. The van der Waals surface area contributed by atoms with Gasteiger partial charge in [0.25, 0.3) is 0 Å². The van der Waals surface area contributed by atoms with Crippen molar-refractivity contribution in [1.29, 1.82) is 0 Å². The van der Waals surface area contributed by atoms with E-state index in [1.54, 1.807) is 30.3 Å². The highest BCUT2D eigenvalue weighted by atomic mass is 16.5. The highest BCUT2D eigenvalue weighted by Crippen LogP contribution is 2.28. The fourth-order valence-corrected chi connectivity index (χ4v) is 2.97. The Morgan fingerprint density at radius 2 is 1.86 bits per heavy atom. The average molecular weight is 380 g/mol. The van der Waals surface area contributed by atoms with E-state index in [2.05, 4.69) is 5.32 Å². The molecule has 0 aliphatic heterocycles. The highest BCUT2D eigenvalue weighted by Gasteiger charge is 2.12. The van der Waals surface area contributed by atoms with E-state index in [0.717, 1.165) is 16.5 Å². The highest BCUT2D eigenvalue weighted by molar-refractivity contribution is 5.95. The fraction of sp³-hybridized carbons (Fsp3) is 0.190. The monoisotopic (exact) mass is 380 g/mol. The van der Waals surface area contributed by atoms with E-state index >= 15 is 0 Å². The van der Waals surface area contributed by atoms with Gasteiger partial charge in [0.1, 0.15) is 11.3 Å². The molecule has 7 nitrogen and oxygen atoms in total. The van der Waals surface area contributed by atoms with Crippen LogP contribution in [0, 0.1) is 6.92 Å². The Balaban J connectivity index is 1.74. The number of carbonyl (C=O) groups is 2. The Bertz CT molecular complexity index is 1100. The molecule has 2 amide bonds. The largest absolute Gasteiger partial charge is 0.496 e. The number of benzene rings is 2. The number of carbonyl (C=O) groups excluding carboxylic acids is 2. The van der Waals surface area contributed by atoms with E-state index in [0.29, 0.717) is 29.0 Å². The van der Waals surface area contributed by atoms with Crippen LogP contribution in [0.15, 0.2) is 51.7 Å². The molecule has 0 aliphatic rings. The molecule has 0 unspecified atom stereocenters. The number of anilines is 1. The van der Waals surface area contributed by atoms with Crippen LogP contribution in [-0.4, -0.2) is 18.9 Å². The van der Waals surface area contributed by atoms with Gasteiger partial charge in [-0.1, -0.05) is 0 Å². The third kappa shape index (κ3) is 4.20. The molecule has 0 fully saturated rings. The summed E-state index contributed by atoms with van der Waals surface area (Å²) < 4.78 is 10.6. The average Bonchev–Trinajstić information content (AvgIpc) is 2.66. The van der Waals surface area contributed by atoms with Crippen LogP contribution in [0.1, 0.15) is 27.9 Å². The van der Waals surface area contributed by atoms with Crippen LogP contribution in [0.5, 0.6) is 5.75 Å². The molecule has 28 heavy (non-hydrogen) atoms. The number of fused-ring (bicyclic) bond motifs is 1. The lowest BCUT2D eigenvalue weighted by molar-refractivity contribution is -0.116. The molecule has 144 valence electrons. The van der Waals surface area contributed by atoms with Crippen molar-refractivity contribution in [3.63, 3.8) is 0 Å². The zero-order chi connectivity index (χ0) is 20.3. The van der Waals surface area contributed by atoms with Crippen LogP contribution < -0.4 is 21.4 Å². The zero-order valence-electron chi connectivity index (χ0n) is 15.6. The predicted octanol–water partition coefficient (Wildman–Crippen LogP) is 2.78. The molecular weight excluding hydrogens is 360 g/mol. The Hall–Kier alpha value is -3.61. The summed E-state index contributed by atoms with van der Waals surface area (Å²) in [7, 11) is 1.53. The number of hydrogen-bond acceptors (Lipinski definition) is 5. The zero-order valence-corrected chi connectivity index (χ0v) is 15.6. The molecule has 0 bridgehead atoms. The number of rotatable bonds is 6. The number of methoxy groups -OCH3 is 1. The van der Waals surface area contributed by atoms with E-state index in [9.17, 15) is 14.4 Å². The minimum absolute atomic E-state index is 0.176. The van der Waals surface area contributed by atoms with Crippen molar-refractivity contribution in [2.45, 2.75) is 19.8 Å². The first-order valence-corrected chi connectivity index (χ1v) is 8.68. The summed E-state index contributed by atoms with van der Waals surface area (Å²) in [5.41, 5.74) is 7.83. The van der Waals surface area contributed by atoms with Gasteiger partial charge in [0, 0.05) is 35.2 Å². The van der Waals surface area contributed by atoms with Crippen LogP contribution in [-0.2, 0) is 11.2 Å². The first-order valence-electron chi connectivity index (χ1n) is 8.68. The van der Waals surface area contributed by atoms with Gasteiger partial charge in [-0.15, -0.1) is 0 Å². The van der Waals surface area contributed by atoms with Crippen LogP contribution in [0.25, 0.3) is 11.0 Å². The smallest absolute Gasteiger partial charge is 0.336 e. The third-order valence-corrected chi connectivity index (χ3v) is 4.43. The van der Waals surface area contributed by atoms with Gasteiger partial charge in [-0.3, -0.25) is 9.59 Å². The van der Waals surface area contributed by atoms with E-state index in [1.807, 2.05) is 13.0 Å². The molecule has 0 saturated carbocycles. The molecule has 0 radical (unpaired) electrons. The standard InChI is InChI=1S/C21H20N2O5/c1-12-9-20(25)28-18-11-17(27-2)14(10-16(12)18)5-8-19(24)23-15-6-3-13(4-7-15)21(22)26/h3-4,6-7,9-11H,5,8H2,1-2H3,(H2,22,26)(H,23,24). The van der Waals surface area contributed by atoms with Crippen LogP contribution in [0.4, 0.5) is 5.69 Å². The molecule has 1 heterocycles. The first-order chi connectivity index (χ1) is 13.4. The van der Waals surface area contributed by atoms with E-state index in [-0.39, 0.29) is 12.3 Å². The maximum absolute atomic E-state index is 12.3.